The third kappa shape index (κ3) is 4.81. The molecular formula is C20H23NO4. The summed E-state index contributed by atoms with van der Waals surface area (Å²) in [6.45, 7) is 1.60. The first kappa shape index (κ1) is 17.5. The van der Waals surface area contributed by atoms with Gasteiger partial charge in [-0.05, 0) is 30.2 Å². The van der Waals surface area contributed by atoms with Gasteiger partial charge in [0.15, 0.2) is 0 Å². The van der Waals surface area contributed by atoms with Crippen LogP contribution in [0.3, 0.4) is 0 Å². The number of rotatable bonds is 6. The lowest BCUT2D eigenvalue weighted by molar-refractivity contribution is -0.0736. The quantitative estimate of drug-likeness (QED) is 0.878. The first-order chi connectivity index (χ1) is 12.3. The summed E-state index contributed by atoms with van der Waals surface area (Å²) < 4.78 is 16.7. The van der Waals surface area contributed by atoms with Gasteiger partial charge in [0.2, 0.25) is 0 Å². The van der Waals surface area contributed by atoms with Crippen LogP contribution in [0.15, 0.2) is 54.6 Å². The van der Waals surface area contributed by atoms with E-state index in [0.29, 0.717) is 31.1 Å². The molecule has 0 spiro atoms. The lowest BCUT2D eigenvalue weighted by Gasteiger charge is -2.32. The molecule has 2 aromatic rings. The lowest BCUT2D eigenvalue weighted by atomic mass is 10.0. The normalized spacial score (nSPS) is 20.0. The fraction of sp³-hybridized carbons (Fsp3) is 0.350. The summed E-state index contributed by atoms with van der Waals surface area (Å²) in [6.07, 6.45) is 0.568. The number of hydrogen-bond donors (Lipinski definition) is 1. The van der Waals surface area contributed by atoms with E-state index in [-0.39, 0.29) is 18.1 Å². The van der Waals surface area contributed by atoms with Crippen LogP contribution in [0.25, 0.3) is 0 Å². The van der Waals surface area contributed by atoms with E-state index in [1.54, 1.807) is 25.3 Å². The van der Waals surface area contributed by atoms with Crippen LogP contribution in [0.4, 0.5) is 0 Å². The van der Waals surface area contributed by atoms with Gasteiger partial charge in [0, 0.05) is 12.2 Å². The number of methoxy groups -OCH3 is 1. The maximum atomic E-state index is 12.5. The number of amides is 1. The first-order valence-electron chi connectivity index (χ1n) is 8.44. The molecule has 5 nitrogen and oxygen atoms in total. The van der Waals surface area contributed by atoms with Gasteiger partial charge in [-0.1, -0.05) is 36.4 Å². The Kier molecular flexibility index (Phi) is 6.04. The van der Waals surface area contributed by atoms with Crippen molar-refractivity contribution in [2.75, 3.05) is 20.3 Å². The van der Waals surface area contributed by atoms with E-state index in [1.165, 1.54) is 0 Å². The third-order valence-electron chi connectivity index (χ3n) is 4.26. The zero-order chi connectivity index (χ0) is 17.5. The highest BCUT2D eigenvalue weighted by molar-refractivity contribution is 5.94. The number of carbonyl (C=O) groups is 1. The van der Waals surface area contributed by atoms with Crippen LogP contribution in [0.2, 0.25) is 0 Å². The molecule has 132 valence electrons. The van der Waals surface area contributed by atoms with Gasteiger partial charge in [-0.3, -0.25) is 4.79 Å². The fourth-order valence-corrected chi connectivity index (χ4v) is 2.83. The summed E-state index contributed by atoms with van der Waals surface area (Å²) in [5, 5.41) is 3.07. The van der Waals surface area contributed by atoms with E-state index >= 15 is 0 Å². The van der Waals surface area contributed by atoms with Gasteiger partial charge in [0.25, 0.3) is 5.91 Å². The molecule has 1 saturated heterocycles. The molecule has 0 radical (unpaired) electrons. The van der Waals surface area contributed by atoms with Crippen molar-refractivity contribution in [3.8, 4) is 5.75 Å². The molecule has 0 saturated carbocycles. The molecule has 1 N–H and O–H groups in total. The monoisotopic (exact) mass is 341 g/mol. The molecule has 3 rings (SSSR count). The molecule has 1 fully saturated rings. The number of benzene rings is 2. The summed E-state index contributed by atoms with van der Waals surface area (Å²) in [5.41, 5.74) is 1.68. The van der Waals surface area contributed by atoms with Crippen molar-refractivity contribution in [3.63, 3.8) is 0 Å². The molecule has 25 heavy (non-hydrogen) atoms. The van der Waals surface area contributed by atoms with E-state index in [4.69, 9.17) is 14.2 Å². The molecule has 5 heteroatoms. The predicted octanol–water partition coefficient (Wildman–Crippen LogP) is 2.80. The Balaban J connectivity index is 1.61. The summed E-state index contributed by atoms with van der Waals surface area (Å²) >= 11 is 0. The highest BCUT2D eigenvalue weighted by atomic mass is 16.5. The van der Waals surface area contributed by atoms with Crippen molar-refractivity contribution in [2.24, 2.45) is 0 Å². The molecule has 0 aliphatic carbocycles. The number of carbonyl (C=O) groups excluding carboxylic acids is 1. The second-order valence-electron chi connectivity index (χ2n) is 6.01. The molecule has 2 unspecified atom stereocenters. The minimum atomic E-state index is -0.163. The molecule has 1 aliphatic heterocycles. The number of ether oxygens (including phenoxy) is 3. The smallest absolute Gasteiger partial charge is 0.251 e. The van der Waals surface area contributed by atoms with E-state index in [1.807, 2.05) is 36.4 Å². The van der Waals surface area contributed by atoms with Crippen molar-refractivity contribution >= 4 is 5.91 Å². The Morgan fingerprint density at radius 3 is 2.84 bits per heavy atom. The summed E-state index contributed by atoms with van der Waals surface area (Å²) in [7, 11) is 1.59. The first-order valence-corrected chi connectivity index (χ1v) is 8.44. The fourth-order valence-electron chi connectivity index (χ4n) is 2.83. The standard InChI is InChI=1S/C20H23NO4/c1-23-17-9-5-8-16(12-17)20(22)21-18-10-11-24-14-19(18)25-13-15-6-3-2-4-7-15/h2-9,12,18-19H,10-11,13-14H2,1H3,(H,21,22). The topological polar surface area (TPSA) is 56.8 Å². The van der Waals surface area contributed by atoms with Gasteiger partial charge in [-0.15, -0.1) is 0 Å². The molecule has 1 heterocycles. The van der Waals surface area contributed by atoms with Crippen LogP contribution in [0.1, 0.15) is 22.3 Å². The van der Waals surface area contributed by atoms with E-state index in [0.717, 1.165) is 12.0 Å². The summed E-state index contributed by atoms with van der Waals surface area (Å²) in [6, 6.07) is 17.0. The van der Waals surface area contributed by atoms with Crippen LogP contribution in [-0.2, 0) is 16.1 Å². The van der Waals surface area contributed by atoms with E-state index in [9.17, 15) is 4.79 Å². The van der Waals surface area contributed by atoms with Gasteiger partial charge in [-0.25, -0.2) is 0 Å². The maximum Gasteiger partial charge on any atom is 0.251 e. The van der Waals surface area contributed by atoms with E-state index < -0.39 is 0 Å². The Morgan fingerprint density at radius 2 is 2.04 bits per heavy atom. The van der Waals surface area contributed by atoms with Gasteiger partial charge >= 0.3 is 0 Å². The second kappa shape index (κ2) is 8.65. The molecule has 2 atom stereocenters. The minimum Gasteiger partial charge on any atom is -0.497 e. The highest BCUT2D eigenvalue weighted by Crippen LogP contribution is 2.16. The maximum absolute atomic E-state index is 12.5. The van der Waals surface area contributed by atoms with Gasteiger partial charge in [0.05, 0.1) is 26.4 Å². The molecule has 0 aromatic heterocycles. The third-order valence-corrected chi connectivity index (χ3v) is 4.26. The molecule has 2 aromatic carbocycles. The van der Waals surface area contributed by atoms with Crippen LogP contribution in [0, 0.1) is 0 Å². The van der Waals surface area contributed by atoms with Crippen LogP contribution >= 0.6 is 0 Å². The molecular weight excluding hydrogens is 318 g/mol. The van der Waals surface area contributed by atoms with Crippen molar-refractivity contribution in [3.05, 3.63) is 65.7 Å². The minimum absolute atomic E-state index is 0.0730. The summed E-state index contributed by atoms with van der Waals surface area (Å²) in [4.78, 5) is 12.5. The zero-order valence-corrected chi connectivity index (χ0v) is 14.3. The van der Waals surface area contributed by atoms with Gasteiger partial charge in [0.1, 0.15) is 11.9 Å². The van der Waals surface area contributed by atoms with Crippen LogP contribution in [0.5, 0.6) is 5.75 Å². The Hall–Kier alpha value is -2.37. The Bertz CT molecular complexity index is 689. The summed E-state index contributed by atoms with van der Waals surface area (Å²) in [5.74, 6) is 0.538. The van der Waals surface area contributed by atoms with Crippen molar-refractivity contribution < 1.29 is 19.0 Å². The Labute approximate surface area is 147 Å². The van der Waals surface area contributed by atoms with Crippen molar-refractivity contribution in [2.45, 2.75) is 25.2 Å². The molecule has 1 amide bonds. The van der Waals surface area contributed by atoms with Crippen molar-refractivity contribution in [1.29, 1.82) is 0 Å². The van der Waals surface area contributed by atoms with Crippen molar-refractivity contribution in [1.82, 2.24) is 5.32 Å². The van der Waals surface area contributed by atoms with Gasteiger partial charge in [-0.2, -0.15) is 0 Å². The zero-order valence-electron chi connectivity index (χ0n) is 14.3. The number of nitrogens with one attached hydrogen (secondary N) is 1. The Morgan fingerprint density at radius 1 is 1.20 bits per heavy atom. The van der Waals surface area contributed by atoms with Gasteiger partial charge < -0.3 is 19.5 Å². The average molecular weight is 341 g/mol. The average Bonchev–Trinajstić information content (AvgIpc) is 2.68. The predicted molar refractivity (Wildman–Crippen MR) is 94.7 cm³/mol. The van der Waals surface area contributed by atoms with Crippen LogP contribution in [-0.4, -0.2) is 38.4 Å². The second-order valence-corrected chi connectivity index (χ2v) is 6.01. The SMILES string of the molecule is COc1cccc(C(=O)NC2CCOCC2OCc2ccccc2)c1. The highest BCUT2D eigenvalue weighted by Gasteiger charge is 2.28. The number of hydrogen-bond acceptors (Lipinski definition) is 4. The largest absolute Gasteiger partial charge is 0.497 e. The molecule has 0 bridgehead atoms. The molecule has 1 aliphatic rings. The lowest BCUT2D eigenvalue weighted by Crippen LogP contribution is -2.49. The van der Waals surface area contributed by atoms with Crippen LogP contribution < -0.4 is 10.1 Å². The van der Waals surface area contributed by atoms with E-state index in [2.05, 4.69) is 5.32 Å².